The van der Waals surface area contributed by atoms with Gasteiger partial charge in [-0.2, -0.15) is 0 Å². The molecule has 1 heterocycles. The third-order valence-electron chi connectivity index (χ3n) is 7.08. The van der Waals surface area contributed by atoms with E-state index in [1.807, 2.05) is 19.1 Å². The van der Waals surface area contributed by atoms with Crippen molar-refractivity contribution in [1.82, 2.24) is 9.88 Å². The van der Waals surface area contributed by atoms with Gasteiger partial charge in [-0.1, -0.05) is 35.9 Å². The van der Waals surface area contributed by atoms with Crippen LogP contribution in [-0.4, -0.2) is 30.6 Å². The van der Waals surface area contributed by atoms with Gasteiger partial charge < -0.3 is 15.2 Å². The normalized spacial score (nSPS) is 14.6. The zero-order chi connectivity index (χ0) is 26.9. The molecule has 1 saturated carbocycles. The van der Waals surface area contributed by atoms with Crippen molar-refractivity contribution in [3.63, 3.8) is 0 Å². The number of sulfone groups is 1. The minimum Gasteiger partial charge on any atom is -0.345 e. The van der Waals surface area contributed by atoms with Crippen molar-refractivity contribution in [2.45, 2.75) is 43.2 Å². The average Bonchev–Trinajstić information content (AvgIpc) is 3.26. The zero-order valence-electron chi connectivity index (χ0n) is 20.9. The molecule has 1 aliphatic carbocycles. The number of halogens is 1. The number of carbonyl (C=O) groups is 2. The summed E-state index contributed by atoms with van der Waals surface area (Å²) in [7, 11) is -3.76. The number of nitrogens with zero attached hydrogens (tertiary/aromatic N) is 1. The number of rotatable bonds is 8. The number of fused-ring (bicyclic) bond motifs is 1. The maximum Gasteiger partial charge on any atom is 0.240 e. The van der Waals surface area contributed by atoms with Gasteiger partial charge in [-0.05, 0) is 74.2 Å². The summed E-state index contributed by atoms with van der Waals surface area (Å²) >= 11 is 0. The Morgan fingerprint density at radius 2 is 1.66 bits per heavy atom. The first-order chi connectivity index (χ1) is 18.1. The Kier molecular flexibility index (Phi) is 6.79. The summed E-state index contributed by atoms with van der Waals surface area (Å²) in [5.74, 6) is -1.78. The summed E-state index contributed by atoms with van der Waals surface area (Å²) < 4.78 is 40.9. The highest BCUT2D eigenvalue weighted by atomic mass is 32.2. The molecular formula is C29H28FN3O4S. The molecule has 3 aromatic carbocycles. The third-order valence-corrected chi connectivity index (χ3v) is 8.72. The fourth-order valence-corrected chi connectivity index (χ4v) is 6.01. The second kappa shape index (κ2) is 10.1. The lowest BCUT2D eigenvalue weighted by atomic mass is 9.71. The number of aromatic nitrogens is 1. The van der Waals surface area contributed by atoms with E-state index >= 15 is 0 Å². The molecule has 0 spiro atoms. The molecule has 7 nitrogen and oxygen atoms in total. The molecule has 4 aromatic rings. The van der Waals surface area contributed by atoms with Crippen molar-refractivity contribution in [3.8, 4) is 0 Å². The minimum absolute atomic E-state index is 0.0678. The molecule has 1 aromatic heterocycles. The highest BCUT2D eigenvalue weighted by molar-refractivity contribution is 7.92. The Morgan fingerprint density at radius 1 is 0.947 bits per heavy atom. The first-order valence-electron chi connectivity index (χ1n) is 12.4. The second-order valence-electron chi connectivity index (χ2n) is 9.80. The lowest BCUT2D eigenvalue weighted by molar-refractivity contribution is -0.125. The van der Waals surface area contributed by atoms with Crippen LogP contribution < -0.4 is 10.6 Å². The molecular weight excluding hydrogens is 505 g/mol. The van der Waals surface area contributed by atoms with Gasteiger partial charge in [0.25, 0.3) is 0 Å². The van der Waals surface area contributed by atoms with Gasteiger partial charge in [-0.15, -0.1) is 0 Å². The van der Waals surface area contributed by atoms with E-state index in [0.717, 1.165) is 30.4 Å². The molecule has 0 atom stereocenters. The van der Waals surface area contributed by atoms with E-state index in [4.69, 9.17) is 0 Å². The van der Waals surface area contributed by atoms with Crippen molar-refractivity contribution in [2.75, 3.05) is 11.1 Å². The van der Waals surface area contributed by atoms with Crippen LogP contribution in [0.3, 0.4) is 0 Å². The molecule has 1 fully saturated rings. The molecule has 1 aliphatic rings. The van der Waals surface area contributed by atoms with Crippen LogP contribution >= 0.6 is 0 Å². The second-order valence-corrected chi connectivity index (χ2v) is 11.8. The van der Waals surface area contributed by atoms with Crippen molar-refractivity contribution in [1.29, 1.82) is 0 Å². The maximum absolute atomic E-state index is 14.0. The van der Waals surface area contributed by atoms with Crippen LogP contribution in [0.15, 0.2) is 83.9 Å². The highest BCUT2D eigenvalue weighted by Gasteiger charge is 2.40. The quantitative estimate of drug-likeness (QED) is 0.343. The Balaban J connectivity index is 1.23. The summed E-state index contributed by atoms with van der Waals surface area (Å²) in [6.07, 6.45) is 4.23. The lowest BCUT2D eigenvalue weighted by Crippen LogP contribution is -2.51. The Bertz CT molecular complexity index is 1610. The van der Waals surface area contributed by atoms with Crippen LogP contribution in [0.5, 0.6) is 0 Å². The molecule has 2 amide bonds. The molecule has 2 N–H and O–H groups in total. The first-order valence-corrected chi connectivity index (χ1v) is 14.0. The number of benzene rings is 3. The van der Waals surface area contributed by atoms with Gasteiger partial charge in [0.15, 0.2) is 9.84 Å². The third kappa shape index (κ3) is 5.19. The monoisotopic (exact) mass is 533 g/mol. The molecule has 0 radical (unpaired) electrons. The standard InChI is InChI=1S/C29H28FN3O4S/c1-20-6-12-23(13-7-20)38(36,37)19-28(35)31-22-10-8-21(9-11-22)29(15-3-16-29)32-27(34)18-33-17-14-24-25(30)4-2-5-26(24)33/h2,4-14,17H,3,15-16,18-19H2,1H3,(H,31,35)(H,32,34). The van der Waals surface area contributed by atoms with Gasteiger partial charge in [0.05, 0.1) is 16.0 Å². The average molecular weight is 534 g/mol. The van der Waals surface area contributed by atoms with Crippen molar-refractivity contribution in [3.05, 3.63) is 95.9 Å². The summed E-state index contributed by atoms with van der Waals surface area (Å²) in [5, 5.41) is 6.28. The lowest BCUT2D eigenvalue weighted by Gasteiger charge is -2.43. The smallest absolute Gasteiger partial charge is 0.240 e. The summed E-state index contributed by atoms with van der Waals surface area (Å²) in [5.41, 5.74) is 2.46. The number of hydrogen-bond acceptors (Lipinski definition) is 4. The van der Waals surface area contributed by atoms with Crippen LogP contribution in [-0.2, 0) is 31.5 Å². The first kappa shape index (κ1) is 25.7. The van der Waals surface area contributed by atoms with Crippen molar-refractivity contribution >= 4 is 38.2 Å². The van der Waals surface area contributed by atoms with Gasteiger partial charge in [0, 0.05) is 17.3 Å². The highest BCUT2D eigenvalue weighted by Crippen LogP contribution is 2.41. The van der Waals surface area contributed by atoms with E-state index in [-0.39, 0.29) is 23.2 Å². The molecule has 0 saturated heterocycles. The van der Waals surface area contributed by atoms with Gasteiger partial charge in [0.1, 0.15) is 18.1 Å². The Morgan fingerprint density at radius 3 is 2.32 bits per heavy atom. The number of carbonyl (C=O) groups excluding carboxylic acids is 2. The minimum atomic E-state index is -3.76. The predicted octanol–water partition coefficient (Wildman–Crippen LogP) is 4.70. The van der Waals surface area contributed by atoms with Gasteiger partial charge in [0.2, 0.25) is 11.8 Å². The fourth-order valence-electron chi connectivity index (χ4n) is 4.87. The van der Waals surface area contributed by atoms with Gasteiger partial charge >= 0.3 is 0 Å². The van der Waals surface area contributed by atoms with E-state index in [2.05, 4.69) is 10.6 Å². The van der Waals surface area contributed by atoms with Crippen LogP contribution in [0, 0.1) is 12.7 Å². The number of aryl methyl sites for hydroxylation is 1. The summed E-state index contributed by atoms with van der Waals surface area (Å²) in [6, 6.07) is 19.9. The number of hydrogen-bond donors (Lipinski definition) is 2. The molecule has 9 heteroatoms. The van der Waals surface area contributed by atoms with E-state index < -0.39 is 27.0 Å². The van der Waals surface area contributed by atoms with Gasteiger partial charge in [-0.3, -0.25) is 9.59 Å². The Hall–Kier alpha value is -3.98. The van der Waals surface area contributed by atoms with Crippen molar-refractivity contribution in [2.24, 2.45) is 0 Å². The Labute approximate surface area is 220 Å². The molecule has 5 rings (SSSR count). The molecule has 0 bridgehead atoms. The van der Waals surface area contributed by atoms with Crippen LogP contribution in [0.2, 0.25) is 0 Å². The van der Waals surface area contributed by atoms with Crippen LogP contribution in [0.4, 0.5) is 10.1 Å². The van der Waals surface area contributed by atoms with Crippen LogP contribution in [0.25, 0.3) is 10.9 Å². The number of amides is 2. The molecule has 38 heavy (non-hydrogen) atoms. The van der Waals surface area contributed by atoms with E-state index in [1.165, 1.54) is 18.2 Å². The van der Waals surface area contributed by atoms with Gasteiger partial charge in [-0.25, -0.2) is 12.8 Å². The van der Waals surface area contributed by atoms with Crippen molar-refractivity contribution < 1.29 is 22.4 Å². The summed E-state index contributed by atoms with van der Waals surface area (Å²) in [4.78, 5) is 25.5. The SMILES string of the molecule is Cc1ccc(S(=O)(=O)CC(=O)Nc2ccc(C3(NC(=O)Cn4ccc5c(F)cccc54)CCC3)cc2)cc1. The molecule has 196 valence electrons. The topological polar surface area (TPSA) is 97.3 Å². The maximum atomic E-state index is 14.0. The van der Waals surface area contributed by atoms with Crippen LogP contribution in [0.1, 0.15) is 30.4 Å². The zero-order valence-corrected chi connectivity index (χ0v) is 21.7. The number of nitrogens with one attached hydrogen (secondary N) is 2. The van der Waals surface area contributed by atoms with E-state index in [0.29, 0.717) is 16.6 Å². The van der Waals surface area contributed by atoms with E-state index in [9.17, 15) is 22.4 Å². The predicted molar refractivity (Wildman–Crippen MR) is 144 cm³/mol. The summed E-state index contributed by atoms with van der Waals surface area (Å²) in [6.45, 7) is 1.93. The van der Waals surface area contributed by atoms with E-state index in [1.54, 1.807) is 53.2 Å². The molecule has 0 aliphatic heterocycles. The largest absolute Gasteiger partial charge is 0.345 e. The molecule has 0 unspecified atom stereocenters. The number of anilines is 1. The fraction of sp³-hybridized carbons (Fsp3) is 0.241.